The van der Waals surface area contributed by atoms with E-state index in [9.17, 15) is 9.59 Å². The van der Waals surface area contributed by atoms with Gasteiger partial charge in [-0.1, -0.05) is 59.3 Å². The van der Waals surface area contributed by atoms with Gasteiger partial charge in [0.1, 0.15) is 11.8 Å². The predicted molar refractivity (Wildman–Crippen MR) is 125 cm³/mol. The minimum atomic E-state index is -0.727. The number of halogens is 1. The summed E-state index contributed by atoms with van der Waals surface area (Å²) in [6.07, 6.45) is 1.74. The number of ether oxygens (including phenoxy) is 2. The molecule has 0 amide bonds. The van der Waals surface area contributed by atoms with Crippen molar-refractivity contribution in [1.82, 2.24) is 4.57 Å². The maximum atomic E-state index is 13.6. The van der Waals surface area contributed by atoms with Crippen LogP contribution in [0.25, 0.3) is 6.08 Å². The number of carbonyl (C=O) groups excluding carboxylic acids is 1. The van der Waals surface area contributed by atoms with Gasteiger partial charge in [0.2, 0.25) is 0 Å². The highest BCUT2D eigenvalue weighted by molar-refractivity contribution is 7.07. The monoisotopic (exact) mass is 468 g/mol. The highest BCUT2D eigenvalue weighted by Gasteiger charge is 2.34. The maximum Gasteiger partial charge on any atom is 0.338 e. The summed E-state index contributed by atoms with van der Waals surface area (Å²) in [5, 5.41) is 0.544. The molecule has 1 aliphatic heterocycles. The quantitative estimate of drug-likeness (QED) is 0.538. The van der Waals surface area contributed by atoms with Crippen LogP contribution in [-0.4, -0.2) is 24.3 Å². The summed E-state index contributed by atoms with van der Waals surface area (Å²) < 4.78 is 12.9. The molecular formula is C24H21ClN2O4S. The van der Waals surface area contributed by atoms with E-state index in [1.54, 1.807) is 39.2 Å². The van der Waals surface area contributed by atoms with Gasteiger partial charge < -0.3 is 9.47 Å². The lowest BCUT2D eigenvalue weighted by molar-refractivity contribution is -0.139. The summed E-state index contributed by atoms with van der Waals surface area (Å²) in [5.41, 5.74) is 1.96. The molecule has 3 aromatic rings. The standard InChI is InChI=1S/C24H21ClN2O4S/c1-4-31-23(29)20-14(2)26-24-27(21(20)16-10-6-8-12-18(16)30-3)22(28)19(32-24)13-15-9-5-7-11-17(15)25/h5-13,21H,4H2,1-3H3/b19-13+/t21-/m1/s1. The smallest absolute Gasteiger partial charge is 0.338 e. The molecule has 32 heavy (non-hydrogen) atoms. The Balaban J connectivity index is 2.01. The van der Waals surface area contributed by atoms with Crippen molar-refractivity contribution >= 4 is 35.0 Å². The second-order valence-corrected chi connectivity index (χ2v) is 8.48. The first kappa shape index (κ1) is 22.0. The molecule has 6 nitrogen and oxygen atoms in total. The molecule has 0 bridgehead atoms. The van der Waals surface area contributed by atoms with E-state index in [1.165, 1.54) is 15.9 Å². The fraction of sp³-hybridized carbons (Fsp3) is 0.208. The number of hydrogen-bond acceptors (Lipinski definition) is 6. The summed E-state index contributed by atoms with van der Waals surface area (Å²) in [5.74, 6) is 0.0553. The number of thiazole rings is 1. The molecule has 0 fully saturated rings. The molecule has 0 unspecified atom stereocenters. The molecule has 1 aliphatic rings. The average molecular weight is 469 g/mol. The molecule has 0 saturated carbocycles. The third-order valence-electron chi connectivity index (χ3n) is 5.14. The number of para-hydroxylation sites is 1. The van der Waals surface area contributed by atoms with Crippen molar-refractivity contribution in [2.45, 2.75) is 19.9 Å². The van der Waals surface area contributed by atoms with Gasteiger partial charge in [-0.3, -0.25) is 9.36 Å². The van der Waals surface area contributed by atoms with E-state index < -0.39 is 12.0 Å². The maximum absolute atomic E-state index is 13.6. The normalized spacial score (nSPS) is 15.9. The molecule has 4 rings (SSSR count). The van der Waals surface area contributed by atoms with Gasteiger partial charge in [0.15, 0.2) is 4.80 Å². The number of hydrogen-bond donors (Lipinski definition) is 0. The lowest BCUT2D eigenvalue weighted by atomic mass is 9.95. The number of esters is 1. The zero-order chi connectivity index (χ0) is 22.8. The van der Waals surface area contributed by atoms with Gasteiger partial charge in [0, 0.05) is 10.6 Å². The number of rotatable bonds is 5. The Kier molecular flexibility index (Phi) is 6.30. The van der Waals surface area contributed by atoms with Crippen LogP contribution in [0.1, 0.15) is 31.0 Å². The molecule has 164 valence electrons. The van der Waals surface area contributed by atoms with Crippen molar-refractivity contribution in [2.75, 3.05) is 13.7 Å². The zero-order valence-electron chi connectivity index (χ0n) is 17.8. The molecule has 8 heteroatoms. The summed E-state index contributed by atoms with van der Waals surface area (Å²) in [7, 11) is 1.56. The number of fused-ring (bicyclic) bond motifs is 1. The van der Waals surface area contributed by atoms with Crippen LogP contribution < -0.4 is 19.6 Å². The Labute approximate surface area is 193 Å². The Morgan fingerprint density at radius 2 is 1.94 bits per heavy atom. The van der Waals surface area contributed by atoms with E-state index in [0.29, 0.717) is 36.9 Å². The largest absolute Gasteiger partial charge is 0.496 e. The first-order chi connectivity index (χ1) is 15.5. The van der Waals surface area contributed by atoms with Crippen molar-refractivity contribution in [1.29, 1.82) is 0 Å². The SMILES string of the molecule is CCOC(=O)C1=C(C)N=c2s/c(=C/c3ccccc3Cl)c(=O)n2[C@@H]1c1ccccc1OC. The lowest BCUT2D eigenvalue weighted by Gasteiger charge is -2.25. The molecule has 0 N–H and O–H groups in total. The van der Waals surface area contributed by atoms with Gasteiger partial charge in [-0.15, -0.1) is 0 Å². The van der Waals surface area contributed by atoms with E-state index in [0.717, 1.165) is 5.56 Å². The molecule has 2 heterocycles. The Morgan fingerprint density at radius 1 is 1.22 bits per heavy atom. The molecule has 0 radical (unpaired) electrons. The van der Waals surface area contributed by atoms with Gasteiger partial charge in [-0.25, -0.2) is 9.79 Å². The van der Waals surface area contributed by atoms with Crippen LogP contribution in [0.5, 0.6) is 5.75 Å². The molecule has 2 aromatic carbocycles. The molecule has 0 aliphatic carbocycles. The third-order valence-corrected chi connectivity index (χ3v) is 6.47. The van der Waals surface area contributed by atoms with Crippen LogP contribution in [0, 0.1) is 0 Å². The van der Waals surface area contributed by atoms with Crippen molar-refractivity contribution in [2.24, 2.45) is 4.99 Å². The fourth-order valence-corrected chi connectivity index (χ4v) is 4.94. The lowest BCUT2D eigenvalue weighted by Crippen LogP contribution is -2.40. The van der Waals surface area contributed by atoms with Crippen molar-refractivity contribution < 1.29 is 14.3 Å². The second-order valence-electron chi connectivity index (χ2n) is 7.07. The van der Waals surface area contributed by atoms with Crippen LogP contribution in [0.3, 0.4) is 0 Å². The van der Waals surface area contributed by atoms with Gasteiger partial charge in [0.25, 0.3) is 5.56 Å². The first-order valence-electron chi connectivity index (χ1n) is 10.0. The predicted octanol–water partition coefficient (Wildman–Crippen LogP) is 3.46. The molecule has 1 atom stereocenters. The van der Waals surface area contributed by atoms with E-state index in [2.05, 4.69) is 4.99 Å². The van der Waals surface area contributed by atoms with E-state index in [4.69, 9.17) is 21.1 Å². The van der Waals surface area contributed by atoms with Gasteiger partial charge >= 0.3 is 5.97 Å². The fourth-order valence-electron chi connectivity index (χ4n) is 3.71. The Hall–Kier alpha value is -3.16. The molecular weight excluding hydrogens is 448 g/mol. The second kappa shape index (κ2) is 9.14. The van der Waals surface area contributed by atoms with Crippen molar-refractivity contribution in [3.63, 3.8) is 0 Å². The Bertz CT molecular complexity index is 1400. The van der Waals surface area contributed by atoms with Crippen molar-refractivity contribution in [3.8, 4) is 5.75 Å². The van der Waals surface area contributed by atoms with E-state index >= 15 is 0 Å². The Morgan fingerprint density at radius 3 is 2.66 bits per heavy atom. The van der Waals surface area contributed by atoms with Crippen LogP contribution in [0.4, 0.5) is 0 Å². The number of carbonyl (C=O) groups is 1. The topological polar surface area (TPSA) is 69.9 Å². The molecule has 1 aromatic heterocycles. The number of benzene rings is 2. The van der Waals surface area contributed by atoms with Crippen LogP contribution >= 0.6 is 22.9 Å². The van der Waals surface area contributed by atoms with Crippen LogP contribution in [0.15, 0.2) is 69.6 Å². The van der Waals surface area contributed by atoms with Crippen LogP contribution in [-0.2, 0) is 9.53 Å². The summed E-state index contributed by atoms with van der Waals surface area (Å²) in [6, 6.07) is 13.9. The summed E-state index contributed by atoms with van der Waals surface area (Å²) >= 11 is 7.55. The minimum absolute atomic E-state index is 0.213. The van der Waals surface area contributed by atoms with Crippen molar-refractivity contribution in [3.05, 3.63) is 95.6 Å². The zero-order valence-corrected chi connectivity index (χ0v) is 19.4. The van der Waals surface area contributed by atoms with E-state index in [-0.39, 0.29) is 12.2 Å². The van der Waals surface area contributed by atoms with Gasteiger partial charge in [-0.2, -0.15) is 0 Å². The van der Waals surface area contributed by atoms with Gasteiger partial charge in [-0.05, 0) is 37.6 Å². The van der Waals surface area contributed by atoms with Gasteiger partial charge in [0.05, 0.1) is 29.5 Å². The summed E-state index contributed by atoms with van der Waals surface area (Å²) in [6.45, 7) is 3.70. The first-order valence-corrected chi connectivity index (χ1v) is 11.2. The highest BCUT2D eigenvalue weighted by atomic mass is 35.5. The summed E-state index contributed by atoms with van der Waals surface area (Å²) in [4.78, 5) is 31.6. The molecule has 0 spiro atoms. The number of allylic oxidation sites excluding steroid dienone is 1. The minimum Gasteiger partial charge on any atom is -0.496 e. The average Bonchev–Trinajstić information content (AvgIpc) is 3.09. The number of nitrogens with zero attached hydrogens (tertiary/aromatic N) is 2. The number of methoxy groups -OCH3 is 1. The number of aromatic nitrogens is 1. The van der Waals surface area contributed by atoms with Crippen LogP contribution in [0.2, 0.25) is 5.02 Å². The molecule has 0 saturated heterocycles. The third kappa shape index (κ3) is 3.89. The van der Waals surface area contributed by atoms with E-state index in [1.807, 2.05) is 36.4 Å². The highest BCUT2D eigenvalue weighted by Crippen LogP contribution is 2.35.